The van der Waals surface area contributed by atoms with Crippen LogP contribution in [0.5, 0.6) is 0 Å². The van der Waals surface area contributed by atoms with E-state index in [0.29, 0.717) is 0 Å². The zero-order valence-electron chi connectivity index (χ0n) is 11.7. The van der Waals surface area contributed by atoms with Crippen molar-refractivity contribution in [2.45, 2.75) is 38.8 Å². The Morgan fingerprint density at radius 1 is 1.32 bits per heavy atom. The molecule has 3 heteroatoms. The third-order valence-corrected chi connectivity index (χ3v) is 4.23. The number of para-hydroxylation sites is 1. The summed E-state index contributed by atoms with van der Waals surface area (Å²) in [5, 5.41) is 1.05. The summed E-state index contributed by atoms with van der Waals surface area (Å²) in [7, 11) is 0. The minimum absolute atomic E-state index is 0.280. The lowest BCUT2D eigenvalue weighted by Crippen LogP contribution is -2.37. The maximum absolute atomic E-state index is 6.14. The van der Waals surface area contributed by atoms with Gasteiger partial charge >= 0.3 is 0 Å². The number of anilines is 1. The number of benzene rings is 1. The molecule has 3 nitrogen and oxygen atoms in total. The van der Waals surface area contributed by atoms with E-state index >= 15 is 0 Å². The summed E-state index contributed by atoms with van der Waals surface area (Å²) in [5.74, 6) is 0. The Balaban J connectivity index is 1.93. The average molecular weight is 255 g/mol. The first-order valence-electron chi connectivity index (χ1n) is 6.95. The van der Waals surface area contributed by atoms with Gasteiger partial charge < -0.3 is 5.73 Å². The van der Waals surface area contributed by atoms with Crippen LogP contribution in [0.4, 0.5) is 5.69 Å². The molecule has 0 saturated carbocycles. The van der Waals surface area contributed by atoms with Crippen molar-refractivity contribution in [3.05, 3.63) is 36.0 Å². The molecule has 0 aliphatic carbocycles. The van der Waals surface area contributed by atoms with E-state index < -0.39 is 0 Å². The van der Waals surface area contributed by atoms with Gasteiger partial charge in [0.25, 0.3) is 0 Å². The summed E-state index contributed by atoms with van der Waals surface area (Å²) in [6.07, 6.45) is 2.53. The van der Waals surface area contributed by atoms with Crippen molar-refractivity contribution in [2.24, 2.45) is 0 Å². The molecule has 0 radical (unpaired) electrons. The SMILES string of the molecule is CC1(C)CCCN1Cc1cc(N)c2ccccc2n1. The first-order chi connectivity index (χ1) is 9.06. The second-order valence-electron chi connectivity index (χ2n) is 6.06. The highest BCUT2D eigenvalue weighted by molar-refractivity contribution is 5.90. The van der Waals surface area contributed by atoms with Gasteiger partial charge in [-0.25, -0.2) is 0 Å². The zero-order chi connectivity index (χ0) is 13.5. The fraction of sp³-hybridized carbons (Fsp3) is 0.438. The van der Waals surface area contributed by atoms with Gasteiger partial charge in [-0.1, -0.05) is 18.2 Å². The molecular weight excluding hydrogens is 234 g/mol. The molecule has 2 heterocycles. The van der Waals surface area contributed by atoms with Crippen LogP contribution in [0, 0.1) is 0 Å². The van der Waals surface area contributed by atoms with Gasteiger partial charge in [-0.05, 0) is 45.4 Å². The number of nitrogens with two attached hydrogens (primary N) is 1. The van der Waals surface area contributed by atoms with Crippen LogP contribution in [-0.2, 0) is 6.54 Å². The van der Waals surface area contributed by atoms with Crippen molar-refractivity contribution in [3.63, 3.8) is 0 Å². The highest BCUT2D eigenvalue weighted by atomic mass is 15.2. The molecule has 2 aromatic rings. The fourth-order valence-electron chi connectivity index (χ4n) is 2.99. The zero-order valence-corrected chi connectivity index (χ0v) is 11.7. The van der Waals surface area contributed by atoms with Crippen molar-refractivity contribution >= 4 is 16.6 Å². The highest BCUT2D eigenvalue weighted by Crippen LogP contribution is 2.30. The summed E-state index contributed by atoms with van der Waals surface area (Å²) in [5.41, 5.74) is 9.32. The molecule has 0 spiro atoms. The fourth-order valence-corrected chi connectivity index (χ4v) is 2.99. The Labute approximate surface area is 114 Å². The van der Waals surface area contributed by atoms with Crippen LogP contribution in [0.1, 0.15) is 32.4 Å². The van der Waals surface area contributed by atoms with Crippen LogP contribution >= 0.6 is 0 Å². The van der Waals surface area contributed by atoms with Crippen molar-refractivity contribution < 1.29 is 0 Å². The molecule has 1 aliphatic rings. The van der Waals surface area contributed by atoms with Gasteiger partial charge in [0.15, 0.2) is 0 Å². The lowest BCUT2D eigenvalue weighted by molar-refractivity contribution is 0.165. The summed E-state index contributed by atoms with van der Waals surface area (Å²) < 4.78 is 0. The largest absolute Gasteiger partial charge is 0.398 e. The number of aromatic nitrogens is 1. The Bertz CT molecular complexity index is 604. The van der Waals surface area contributed by atoms with Gasteiger partial charge in [-0.3, -0.25) is 9.88 Å². The molecule has 19 heavy (non-hydrogen) atoms. The predicted molar refractivity (Wildman–Crippen MR) is 79.9 cm³/mol. The molecule has 0 atom stereocenters. The topological polar surface area (TPSA) is 42.1 Å². The average Bonchev–Trinajstić information content (AvgIpc) is 2.69. The monoisotopic (exact) mass is 255 g/mol. The van der Waals surface area contributed by atoms with E-state index in [0.717, 1.165) is 35.4 Å². The summed E-state index contributed by atoms with van der Waals surface area (Å²) >= 11 is 0. The number of likely N-dealkylation sites (tertiary alicyclic amines) is 1. The smallest absolute Gasteiger partial charge is 0.0726 e. The molecule has 0 bridgehead atoms. The maximum atomic E-state index is 6.14. The Hall–Kier alpha value is -1.61. The first kappa shape index (κ1) is 12.4. The summed E-state index contributed by atoms with van der Waals surface area (Å²) in [4.78, 5) is 7.25. The highest BCUT2D eigenvalue weighted by Gasteiger charge is 2.31. The van der Waals surface area contributed by atoms with Crippen LogP contribution < -0.4 is 5.73 Å². The number of rotatable bonds is 2. The number of hydrogen-bond acceptors (Lipinski definition) is 3. The third-order valence-electron chi connectivity index (χ3n) is 4.23. The van der Waals surface area contributed by atoms with Crippen molar-refractivity contribution in [3.8, 4) is 0 Å². The third kappa shape index (κ3) is 2.30. The van der Waals surface area contributed by atoms with Gasteiger partial charge in [0.05, 0.1) is 11.2 Å². The molecule has 1 aromatic heterocycles. The van der Waals surface area contributed by atoms with Gasteiger partial charge in [0.1, 0.15) is 0 Å². The predicted octanol–water partition coefficient (Wildman–Crippen LogP) is 3.19. The van der Waals surface area contributed by atoms with Crippen LogP contribution in [0.25, 0.3) is 10.9 Å². The van der Waals surface area contributed by atoms with Crippen molar-refractivity contribution in [1.29, 1.82) is 0 Å². The Morgan fingerprint density at radius 2 is 2.11 bits per heavy atom. The first-order valence-corrected chi connectivity index (χ1v) is 6.95. The number of hydrogen-bond donors (Lipinski definition) is 1. The van der Waals surface area contributed by atoms with Gasteiger partial charge in [-0.15, -0.1) is 0 Å². The second-order valence-corrected chi connectivity index (χ2v) is 6.06. The number of nitrogen functional groups attached to an aromatic ring is 1. The van der Waals surface area contributed by atoms with Gasteiger partial charge in [0, 0.05) is 23.2 Å². The summed E-state index contributed by atoms with van der Waals surface area (Å²) in [6.45, 7) is 6.66. The van der Waals surface area contributed by atoms with E-state index in [9.17, 15) is 0 Å². The molecule has 0 amide bonds. The molecule has 1 aromatic carbocycles. The van der Waals surface area contributed by atoms with E-state index in [2.05, 4.69) is 18.7 Å². The van der Waals surface area contributed by atoms with Crippen LogP contribution in [0.15, 0.2) is 30.3 Å². The minimum Gasteiger partial charge on any atom is -0.398 e. The molecule has 1 saturated heterocycles. The lowest BCUT2D eigenvalue weighted by Gasteiger charge is -2.31. The Morgan fingerprint density at radius 3 is 2.84 bits per heavy atom. The van der Waals surface area contributed by atoms with Crippen LogP contribution in [-0.4, -0.2) is 22.0 Å². The van der Waals surface area contributed by atoms with Crippen molar-refractivity contribution in [1.82, 2.24) is 9.88 Å². The number of nitrogens with zero attached hydrogens (tertiary/aromatic N) is 2. The maximum Gasteiger partial charge on any atom is 0.0726 e. The van der Waals surface area contributed by atoms with E-state index in [4.69, 9.17) is 10.7 Å². The second kappa shape index (κ2) is 4.49. The molecular formula is C16H21N3. The standard InChI is InChI=1S/C16H21N3/c1-16(2)8-5-9-19(16)11-12-10-14(17)13-6-3-4-7-15(13)18-12/h3-4,6-7,10H,5,8-9,11H2,1-2H3,(H2,17,18). The Kier molecular flexibility index (Phi) is 2.94. The molecule has 1 fully saturated rings. The normalized spacial score (nSPS) is 19.1. The molecule has 0 unspecified atom stereocenters. The number of pyridine rings is 1. The molecule has 2 N–H and O–H groups in total. The number of fused-ring (bicyclic) bond motifs is 1. The molecule has 1 aliphatic heterocycles. The quantitative estimate of drug-likeness (QED) is 0.896. The minimum atomic E-state index is 0.280. The van der Waals surface area contributed by atoms with E-state index in [1.807, 2.05) is 30.3 Å². The van der Waals surface area contributed by atoms with Gasteiger partial charge in [-0.2, -0.15) is 0 Å². The van der Waals surface area contributed by atoms with Crippen LogP contribution in [0.2, 0.25) is 0 Å². The van der Waals surface area contributed by atoms with E-state index in [1.54, 1.807) is 0 Å². The summed E-state index contributed by atoms with van der Waals surface area (Å²) in [6, 6.07) is 10.1. The molecule has 100 valence electrons. The van der Waals surface area contributed by atoms with Crippen LogP contribution in [0.3, 0.4) is 0 Å². The van der Waals surface area contributed by atoms with E-state index in [1.165, 1.54) is 12.8 Å². The van der Waals surface area contributed by atoms with Gasteiger partial charge in [0.2, 0.25) is 0 Å². The van der Waals surface area contributed by atoms with Crippen molar-refractivity contribution in [2.75, 3.05) is 12.3 Å². The molecule has 3 rings (SSSR count). The van der Waals surface area contributed by atoms with E-state index in [-0.39, 0.29) is 5.54 Å². The lowest BCUT2D eigenvalue weighted by atomic mass is 10.0.